The molecule has 0 radical (unpaired) electrons. The molecule has 2 aromatic rings. The summed E-state index contributed by atoms with van der Waals surface area (Å²) in [6.45, 7) is 0.126. The van der Waals surface area contributed by atoms with Crippen LogP contribution in [-0.4, -0.2) is 45.3 Å². The lowest BCUT2D eigenvalue weighted by atomic mass is 10.2. The van der Waals surface area contributed by atoms with Crippen LogP contribution in [0.15, 0.2) is 36.4 Å². The summed E-state index contributed by atoms with van der Waals surface area (Å²) in [6.07, 6.45) is -0.902. The number of hydrogen-bond donors (Lipinski definition) is 3. The monoisotopic (exact) mass is 417 g/mol. The SMILES string of the molecule is CN(CCCN1c2ccccc2N(c2c(F)cc(F)cc2F)S1(O)O)C(=O)O. The van der Waals surface area contributed by atoms with E-state index < -0.39 is 40.2 Å². The minimum atomic E-state index is -3.92. The van der Waals surface area contributed by atoms with Gasteiger partial charge in [0.25, 0.3) is 0 Å². The Labute approximate surface area is 160 Å². The van der Waals surface area contributed by atoms with Gasteiger partial charge < -0.3 is 10.0 Å². The van der Waals surface area contributed by atoms with E-state index in [0.717, 1.165) is 4.90 Å². The van der Waals surface area contributed by atoms with Gasteiger partial charge in [-0.25, -0.2) is 22.3 Å². The second kappa shape index (κ2) is 7.41. The Morgan fingerprint density at radius 3 is 2.25 bits per heavy atom. The highest BCUT2D eigenvalue weighted by atomic mass is 32.3. The van der Waals surface area contributed by atoms with Gasteiger partial charge in [-0.3, -0.25) is 13.4 Å². The van der Waals surface area contributed by atoms with Crippen LogP contribution in [0, 0.1) is 17.5 Å². The molecule has 11 heteroatoms. The van der Waals surface area contributed by atoms with Gasteiger partial charge in [0, 0.05) is 32.3 Å². The van der Waals surface area contributed by atoms with E-state index >= 15 is 0 Å². The van der Waals surface area contributed by atoms with Crippen LogP contribution < -0.4 is 8.61 Å². The van der Waals surface area contributed by atoms with Crippen molar-refractivity contribution in [3.8, 4) is 0 Å². The fourth-order valence-corrected chi connectivity index (χ4v) is 4.80. The number of rotatable bonds is 5. The van der Waals surface area contributed by atoms with Gasteiger partial charge in [0.2, 0.25) is 0 Å². The number of halogens is 3. The Kier molecular flexibility index (Phi) is 5.33. The Hall–Kier alpha value is -2.63. The van der Waals surface area contributed by atoms with E-state index in [1.54, 1.807) is 18.2 Å². The van der Waals surface area contributed by atoms with E-state index in [0.29, 0.717) is 22.1 Å². The molecule has 1 amide bonds. The molecule has 0 fully saturated rings. The standard InChI is InChI=1S/C17H18F3N3O4S/c1-21(17(24)25)7-4-8-22-14-5-2-3-6-15(14)23(28(22,26)27)16-12(19)9-11(18)10-13(16)20/h2-3,5-6,9-10,26-27H,4,7-8H2,1H3,(H,24,25). The van der Waals surface area contributed by atoms with Crippen molar-refractivity contribution in [2.24, 2.45) is 0 Å². The average Bonchev–Trinajstić information content (AvgIpc) is 2.82. The van der Waals surface area contributed by atoms with Crippen LogP contribution >= 0.6 is 11.0 Å². The van der Waals surface area contributed by atoms with Crippen molar-refractivity contribution >= 4 is 34.1 Å². The first-order chi connectivity index (χ1) is 13.1. The predicted octanol–water partition coefficient (Wildman–Crippen LogP) is 4.64. The molecule has 1 heterocycles. The molecule has 7 nitrogen and oxygen atoms in total. The molecule has 0 saturated carbocycles. The summed E-state index contributed by atoms with van der Waals surface area (Å²) in [6, 6.07) is 7.09. The topological polar surface area (TPSA) is 87.5 Å². The van der Waals surface area contributed by atoms with Gasteiger partial charge in [-0.2, -0.15) is 0 Å². The fraction of sp³-hybridized carbons (Fsp3) is 0.235. The summed E-state index contributed by atoms with van der Waals surface area (Å²) in [5.74, 6) is -3.68. The van der Waals surface area contributed by atoms with Crippen LogP contribution in [0.3, 0.4) is 0 Å². The average molecular weight is 417 g/mol. The molecule has 1 aliphatic rings. The quantitative estimate of drug-likeness (QED) is 0.657. The van der Waals surface area contributed by atoms with Crippen molar-refractivity contribution in [3.63, 3.8) is 0 Å². The zero-order chi connectivity index (χ0) is 20.6. The van der Waals surface area contributed by atoms with E-state index in [4.69, 9.17) is 5.11 Å². The first-order valence-corrected chi connectivity index (χ1v) is 9.64. The van der Waals surface area contributed by atoms with Crippen LogP contribution in [-0.2, 0) is 0 Å². The Balaban J connectivity index is 1.99. The van der Waals surface area contributed by atoms with Gasteiger partial charge in [0.15, 0.2) is 11.6 Å². The van der Waals surface area contributed by atoms with Crippen molar-refractivity contribution in [1.29, 1.82) is 0 Å². The van der Waals surface area contributed by atoms with E-state index in [9.17, 15) is 27.1 Å². The first-order valence-electron chi connectivity index (χ1n) is 8.18. The lowest BCUT2D eigenvalue weighted by molar-refractivity contribution is 0.156. The zero-order valence-corrected chi connectivity index (χ0v) is 15.5. The van der Waals surface area contributed by atoms with E-state index in [1.165, 1.54) is 17.4 Å². The number of carbonyl (C=O) groups is 1. The van der Waals surface area contributed by atoms with E-state index in [2.05, 4.69) is 0 Å². The van der Waals surface area contributed by atoms with Crippen molar-refractivity contribution < 1.29 is 32.2 Å². The second-order valence-electron chi connectivity index (χ2n) is 6.15. The molecule has 2 aromatic carbocycles. The Morgan fingerprint density at radius 1 is 1.11 bits per heavy atom. The fourth-order valence-electron chi connectivity index (χ4n) is 2.97. The summed E-state index contributed by atoms with van der Waals surface area (Å²) in [7, 11) is -2.55. The third-order valence-electron chi connectivity index (χ3n) is 4.28. The molecule has 0 atom stereocenters. The largest absolute Gasteiger partial charge is 0.465 e. The summed E-state index contributed by atoms with van der Waals surface area (Å²) < 4.78 is 65.5. The van der Waals surface area contributed by atoms with Crippen molar-refractivity contribution in [3.05, 3.63) is 53.8 Å². The van der Waals surface area contributed by atoms with Crippen LogP contribution in [0.4, 0.5) is 35.0 Å². The number of carboxylic acid groups (broad SMARTS) is 1. The van der Waals surface area contributed by atoms with Gasteiger partial charge in [-0.05, 0) is 29.5 Å². The molecule has 152 valence electrons. The third-order valence-corrected chi connectivity index (χ3v) is 6.12. The number of hydrogen-bond acceptors (Lipinski definition) is 5. The minimum Gasteiger partial charge on any atom is -0.465 e. The molecule has 0 bridgehead atoms. The smallest absolute Gasteiger partial charge is 0.407 e. The minimum absolute atomic E-state index is 0.0118. The van der Waals surface area contributed by atoms with Crippen LogP contribution in [0.1, 0.15) is 6.42 Å². The molecule has 0 unspecified atom stereocenters. The van der Waals surface area contributed by atoms with Crippen LogP contribution in [0.5, 0.6) is 0 Å². The maximum absolute atomic E-state index is 14.4. The maximum Gasteiger partial charge on any atom is 0.407 e. The molecular weight excluding hydrogens is 399 g/mol. The Morgan fingerprint density at radius 2 is 1.68 bits per heavy atom. The van der Waals surface area contributed by atoms with Gasteiger partial charge in [0.05, 0.1) is 11.4 Å². The molecule has 0 spiro atoms. The molecule has 3 rings (SSSR count). The van der Waals surface area contributed by atoms with Crippen molar-refractivity contribution in [1.82, 2.24) is 4.90 Å². The summed E-state index contributed by atoms with van der Waals surface area (Å²) >= 11 is 0. The highest BCUT2D eigenvalue weighted by molar-refractivity contribution is 8.27. The first kappa shape index (κ1) is 20.1. The van der Waals surface area contributed by atoms with Gasteiger partial charge >= 0.3 is 6.09 Å². The highest BCUT2D eigenvalue weighted by Crippen LogP contribution is 2.64. The normalized spacial score (nSPS) is 16.1. The van der Waals surface area contributed by atoms with Crippen molar-refractivity contribution in [2.45, 2.75) is 6.42 Å². The molecule has 28 heavy (non-hydrogen) atoms. The predicted molar refractivity (Wildman–Crippen MR) is 100 cm³/mol. The number of nitrogens with zero attached hydrogens (tertiary/aromatic N) is 3. The molecule has 1 aliphatic heterocycles. The summed E-state index contributed by atoms with van der Waals surface area (Å²) in [4.78, 5) is 11.9. The summed E-state index contributed by atoms with van der Waals surface area (Å²) in [5.41, 5.74) is -0.332. The zero-order valence-electron chi connectivity index (χ0n) is 14.7. The lowest BCUT2D eigenvalue weighted by Gasteiger charge is -2.44. The highest BCUT2D eigenvalue weighted by Gasteiger charge is 2.43. The molecule has 0 aromatic heterocycles. The third kappa shape index (κ3) is 3.43. The van der Waals surface area contributed by atoms with E-state index in [1.807, 2.05) is 0 Å². The number of benzene rings is 2. The second-order valence-corrected chi connectivity index (χ2v) is 7.94. The van der Waals surface area contributed by atoms with Gasteiger partial charge in [-0.1, -0.05) is 12.1 Å². The maximum atomic E-state index is 14.4. The number of amides is 1. The number of fused-ring (bicyclic) bond motifs is 1. The van der Waals surface area contributed by atoms with Gasteiger partial charge in [-0.15, -0.1) is 0 Å². The molecule has 0 aliphatic carbocycles. The number of anilines is 3. The molecule has 0 saturated heterocycles. The van der Waals surface area contributed by atoms with E-state index in [-0.39, 0.29) is 25.2 Å². The summed E-state index contributed by atoms with van der Waals surface area (Å²) in [5, 5.41) is 8.91. The van der Waals surface area contributed by atoms with Gasteiger partial charge in [0.1, 0.15) is 11.5 Å². The van der Waals surface area contributed by atoms with Crippen molar-refractivity contribution in [2.75, 3.05) is 28.7 Å². The number of para-hydroxylation sites is 2. The van der Waals surface area contributed by atoms with Crippen LogP contribution in [0.25, 0.3) is 0 Å². The Bertz CT molecular complexity index is 892. The lowest BCUT2D eigenvalue weighted by Crippen LogP contribution is -2.34. The van der Waals surface area contributed by atoms with Crippen LogP contribution in [0.2, 0.25) is 0 Å². The molecular formula is C17H18F3N3O4S. The molecule has 3 N–H and O–H groups in total.